The summed E-state index contributed by atoms with van der Waals surface area (Å²) in [5, 5.41) is 3.72. The molecule has 0 atom stereocenters. The standard InChI is InChI=1S/C13H14ClN3O.C7H8/c1-9-7-16-13(12(17-9)8-15-2)18-11-5-3-10(14)4-6-11;1-7-5-3-2-4-6-7/h3-7,15H,8H2,1-2H3;2-6H,1H3. The van der Waals surface area contributed by atoms with Gasteiger partial charge in [-0.25, -0.2) is 9.97 Å². The molecule has 3 aromatic rings. The van der Waals surface area contributed by atoms with Gasteiger partial charge in [-0.2, -0.15) is 0 Å². The summed E-state index contributed by atoms with van der Waals surface area (Å²) in [4.78, 5) is 8.66. The lowest BCUT2D eigenvalue weighted by molar-refractivity contribution is 0.449. The van der Waals surface area contributed by atoms with Gasteiger partial charge in [0.2, 0.25) is 5.88 Å². The van der Waals surface area contributed by atoms with E-state index in [0.717, 1.165) is 11.4 Å². The Hall–Kier alpha value is -2.43. The van der Waals surface area contributed by atoms with E-state index in [-0.39, 0.29) is 0 Å². The number of aromatic nitrogens is 2. The first-order valence-electron chi connectivity index (χ1n) is 8.00. The highest BCUT2D eigenvalue weighted by atomic mass is 35.5. The van der Waals surface area contributed by atoms with Crippen LogP contribution in [0.5, 0.6) is 11.6 Å². The van der Waals surface area contributed by atoms with Crippen LogP contribution in [0, 0.1) is 13.8 Å². The van der Waals surface area contributed by atoms with Crippen LogP contribution in [0.15, 0.2) is 60.8 Å². The minimum atomic E-state index is 0.511. The van der Waals surface area contributed by atoms with Gasteiger partial charge in [-0.1, -0.05) is 47.5 Å². The molecule has 1 heterocycles. The van der Waals surface area contributed by atoms with E-state index in [1.54, 1.807) is 30.5 Å². The van der Waals surface area contributed by atoms with E-state index in [4.69, 9.17) is 16.3 Å². The number of ether oxygens (including phenoxy) is 1. The number of rotatable bonds is 4. The Morgan fingerprint density at radius 1 is 1.00 bits per heavy atom. The van der Waals surface area contributed by atoms with Crippen LogP contribution in [0.2, 0.25) is 5.02 Å². The van der Waals surface area contributed by atoms with Gasteiger partial charge in [0.05, 0.1) is 11.9 Å². The van der Waals surface area contributed by atoms with Crippen molar-refractivity contribution in [1.82, 2.24) is 15.3 Å². The second kappa shape index (κ2) is 9.77. The van der Waals surface area contributed by atoms with Gasteiger partial charge in [-0.15, -0.1) is 0 Å². The lowest BCUT2D eigenvalue weighted by atomic mass is 10.2. The van der Waals surface area contributed by atoms with Crippen molar-refractivity contribution in [3.63, 3.8) is 0 Å². The molecule has 0 unspecified atom stereocenters. The smallest absolute Gasteiger partial charge is 0.242 e. The molecular weight excluding hydrogens is 334 g/mol. The molecule has 0 saturated heterocycles. The molecule has 1 aromatic heterocycles. The molecule has 0 aliphatic carbocycles. The fraction of sp³-hybridized carbons (Fsp3) is 0.200. The number of nitrogens with one attached hydrogen (secondary N) is 1. The van der Waals surface area contributed by atoms with E-state index in [1.165, 1.54) is 5.56 Å². The molecule has 0 spiro atoms. The first-order valence-corrected chi connectivity index (χ1v) is 8.38. The Kier molecular flexibility index (Phi) is 7.38. The molecule has 0 aliphatic heterocycles. The third kappa shape index (κ3) is 6.53. The van der Waals surface area contributed by atoms with E-state index < -0.39 is 0 Å². The number of benzene rings is 2. The highest BCUT2D eigenvalue weighted by Crippen LogP contribution is 2.23. The zero-order valence-corrected chi connectivity index (χ0v) is 15.4. The Labute approximate surface area is 153 Å². The van der Waals surface area contributed by atoms with Crippen molar-refractivity contribution in [1.29, 1.82) is 0 Å². The van der Waals surface area contributed by atoms with Crippen molar-refractivity contribution in [2.24, 2.45) is 0 Å². The predicted octanol–water partition coefficient (Wildman–Crippen LogP) is 4.95. The first-order chi connectivity index (χ1) is 12.1. The van der Waals surface area contributed by atoms with Crippen LogP contribution in [-0.2, 0) is 6.54 Å². The van der Waals surface area contributed by atoms with Gasteiger partial charge < -0.3 is 10.1 Å². The van der Waals surface area contributed by atoms with E-state index >= 15 is 0 Å². The van der Waals surface area contributed by atoms with Gasteiger partial charge in [0.1, 0.15) is 11.4 Å². The number of aryl methyl sites for hydroxylation is 2. The average Bonchev–Trinajstić information content (AvgIpc) is 2.61. The molecule has 0 radical (unpaired) electrons. The van der Waals surface area contributed by atoms with Gasteiger partial charge in [0.15, 0.2) is 0 Å². The molecule has 2 aromatic carbocycles. The van der Waals surface area contributed by atoms with E-state index in [0.29, 0.717) is 23.2 Å². The van der Waals surface area contributed by atoms with Gasteiger partial charge in [0.25, 0.3) is 0 Å². The number of nitrogens with zero attached hydrogens (tertiary/aromatic N) is 2. The highest BCUT2D eigenvalue weighted by Gasteiger charge is 2.08. The van der Waals surface area contributed by atoms with E-state index in [9.17, 15) is 0 Å². The third-order valence-corrected chi connectivity index (χ3v) is 3.49. The van der Waals surface area contributed by atoms with E-state index in [2.05, 4.69) is 34.3 Å². The second-order valence-corrected chi connectivity index (χ2v) is 5.94. The van der Waals surface area contributed by atoms with Crippen molar-refractivity contribution in [3.05, 3.63) is 82.8 Å². The second-order valence-electron chi connectivity index (χ2n) is 5.50. The van der Waals surface area contributed by atoms with Crippen LogP contribution >= 0.6 is 11.6 Å². The fourth-order valence-electron chi connectivity index (χ4n) is 2.03. The molecule has 0 fully saturated rings. The highest BCUT2D eigenvalue weighted by molar-refractivity contribution is 6.30. The minimum Gasteiger partial charge on any atom is -0.437 e. The summed E-state index contributed by atoms with van der Waals surface area (Å²) >= 11 is 5.82. The predicted molar refractivity (Wildman–Crippen MR) is 102 cm³/mol. The molecule has 0 bridgehead atoms. The van der Waals surface area contributed by atoms with Crippen molar-refractivity contribution in [2.75, 3.05) is 7.05 Å². The van der Waals surface area contributed by atoms with Crippen LogP contribution in [0.3, 0.4) is 0 Å². The van der Waals surface area contributed by atoms with Gasteiger partial charge in [-0.05, 0) is 45.2 Å². The molecular formula is C20H22ClN3O. The molecule has 0 amide bonds. The first kappa shape index (κ1) is 18.9. The zero-order chi connectivity index (χ0) is 18.1. The number of halogens is 1. The van der Waals surface area contributed by atoms with Crippen LogP contribution in [0.1, 0.15) is 17.0 Å². The Bertz CT molecular complexity index is 777. The molecule has 0 aliphatic rings. The quantitative estimate of drug-likeness (QED) is 0.719. The summed E-state index contributed by atoms with van der Waals surface area (Å²) in [5.41, 5.74) is 2.97. The lowest BCUT2D eigenvalue weighted by Crippen LogP contribution is -2.10. The monoisotopic (exact) mass is 355 g/mol. The molecule has 3 rings (SSSR count). The maximum atomic E-state index is 5.82. The molecule has 5 heteroatoms. The summed E-state index contributed by atoms with van der Waals surface area (Å²) < 4.78 is 5.70. The summed E-state index contributed by atoms with van der Waals surface area (Å²) in [6.45, 7) is 4.59. The Morgan fingerprint density at radius 2 is 1.68 bits per heavy atom. The topological polar surface area (TPSA) is 47.0 Å². The normalized spacial score (nSPS) is 9.92. The largest absolute Gasteiger partial charge is 0.437 e. The molecule has 130 valence electrons. The maximum Gasteiger partial charge on any atom is 0.242 e. The van der Waals surface area contributed by atoms with E-state index in [1.807, 2.05) is 32.2 Å². The molecule has 0 saturated carbocycles. The van der Waals surface area contributed by atoms with Gasteiger partial charge in [-0.3, -0.25) is 0 Å². The SMILES string of the molecule is CNCc1nc(C)cnc1Oc1ccc(Cl)cc1.Cc1ccccc1. The van der Waals surface area contributed by atoms with Crippen LogP contribution in [-0.4, -0.2) is 17.0 Å². The lowest BCUT2D eigenvalue weighted by Gasteiger charge is -2.09. The van der Waals surface area contributed by atoms with Crippen molar-refractivity contribution in [3.8, 4) is 11.6 Å². The van der Waals surface area contributed by atoms with Crippen LogP contribution in [0.4, 0.5) is 0 Å². The minimum absolute atomic E-state index is 0.511. The van der Waals surface area contributed by atoms with Crippen molar-refractivity contribution in [2.45, 2.75) is 20.4 Å². The Balaban J connectivity index is 0.000000269. The molecule has 25 heavy (non-hydrogen) atoms. The zero-order valence-electron chi connectivity index (χ0n) is 14.7. The van der Waals surface area contributed by atoms with Crippen LogP contribution < -0.4 is 10.1 Å². The molecule has 4 nitrogen and oxygen atoms in total. The third-order valence-electron chi connectivity index (χ3n) is 3.24. The number of hydrogen-bond donors (Lipinski definition) is 1. The fourth-order valence-corrected chi connectivity index (χ4v) is 2.16. The summed E-state index contributed by atoms with van der Waals surface area (Å²) in [7, 11) is 1.86. The van der Waals surface area contributed by atoms with Crippen LogP contribution in [0.25, 0.3) is 0 Å². The van der Waals surface area contributed by atoms with Gasteiger partial charge >= 0.3 is 0 Å². The van der Waals surface area contributed by atoms with Gasteiger partial charge in [0, 0.05) is 11.6 Å². The van der Waals surface area contributed by atoms with Crippen molar-refractivity contribution >= 4 is 11.6 Å². The summed E-state index contributed by atoms with van der Waals surface area (Å²) in [6.07, 6.45) is 1.68. The molecule has 1 N–H and O–H groups in total. The average molecular weight is 356 g/mol. The summed E-state index contributed by atoms with van der Waals surface area (Å²) in [5.74, 6) is 1.20. The Morgan fingerprint density at radius 3 is 2.24 bits per heavy atom. The summed E-state index contributed by atoms with van der Waals surface area (Å²) in [6, 6.07) is 17.4. The maximum absolute atomic E-state index is 5.82. The van der Waals surface area contributed by atoms with Crippen molar-refractivity contribution < 1.29 is 4.74 Å². The number of hydrogen-bond acceptors (Lipinski definition) is 4.